The van der Waals surface area contributed by atoms with E-state index in [4.69, 9.17) is 17.0 Å². The van der Waals surface area contributed by atoms with Crippen LogP contribution in [-0.2, 0) is 0 Å². The Bertz CT molecular complexity index is 795. The van der Waals surface area contributed by atoms with Crippen molar-refractivity contribution in [1.29, 1.82) is 5.41 Å². The van der Waals surface area contributed by atoms with E-state index in [-0.39, 0.29) is 5.15 Å². The lowest BCUT2D eigenvalue weighted by molar-refractivity contribution is 0.158. The first-order chi connectivity index (χ1) is 8.15. The van der Waals surface area contributed by atoms with Crippen molar-refractivity contribution in [3.63, 3.8) is 0 Å². The van der Waals surface area contributed by atoms with Crippen molar-refractivity contribution in [1.82, 2.24) is 9.94 Å². The van der Waals surface area contributed by atoms with Gasteiger partial charge in [0, 0.05) is 5.39 Å². The van der Waals surface area contributed by atoms with Crippen LogP contribution in [0.25, 0.3) is 21.7 Å². The maximum absolute atomic E-state index is 9.66. The molecule has 0 radical (unpaired) electrons. The fourth-order valence-electron chi connectivity index (χ4n) is 1.95. The Morgan fingerprint density at radius 2 is 1.88 bits per heavy atom. The summed E-state index contributed by atoms with van der Waals surface area (Å²) in [5, 5.41) is 24.3. The SMILES string of the molecule is N=c1ccc2ccc3c(cc(Cl)nn3O)c2c1. The lowest BCUT2D eigenvalue weighted by Gasteiger charge is -2.06. The van der Waals surface area contributed by atoms with Crippen molar-refractivity contribution in [2.45, 2.75) is 0 Å². The van der Waals surface area contributed by atoms with Crippen LogP contribution >= 0.6 is 11.6 Å². The highest BCUT2D eigenvalue weighted by Crippen LogP contribution is 2.24. The molecular weight excluding hydrogens is 238 g/mol. The number of nitrogens with zero attached hydrogens (tertiary/aromatic N) is 2. The van der Waals surface area contributed by atoms with Crippen molar-refractivity contribution in [2.24, 2.45) is 0 Å². The molecule has 0 atom stereocenters. The number of fused-ring (bicyclic) bond motifs is 3. The van der Waals surface area contributed by atoms with E-state index in [1.165, 1.54) is 0 Å². The van der Waals surface area contributed by atoms with Crippen LogP contribution in [0.4, 0.5) is 0 Å². The largest absolute Gasteiger partial charge is 0.411 e. The maximum Gasteiger partial charge on any atom is 0.153 e. The second kappa shape index (κ2) is 3.46. The molecule has 3 rings (SSSR count). The second-order valence-electron chi connectivity index (χ2n) is 3.79. The summed E-state index contributed by atoms with van der Waals surface area (Å²) in [7, 11) is 0. The molecule has 1 heterocycles. The molecule has 2 N–H and O–H groups in total. The Morgan fingerprint density at radius 1 is 1.12 bits per heavy atom. The standard InChI is InChI=1S/C12H8ClN3O/c13-12-6-10-9-5-8(14)3-1-7(9)2-4-11(10)16(17)15-12/h1-6,14,17H. The Balaban J connectivity index is 2.62. The van der Waals surface area contributed by atoms with Crippen LogP contribution in [0, 0.1) is 5.41 Å². The van der Waals surface area contributed by atoms with Crippen molar-refractivity contribution in [3.8, 4) is 0 Å². The third-order valence-corrected chi connectivity index (χ3v) is 2.89. The lowest BCUT2D eigenvalue weighted by atomic mass is 10.1. The molecule has 0 spiro atoms. The lowest BCUT2D eigenvalue weighted by Crippen LogP contribution is -2.01. The summed E-state index contributed by atoms with van der Waals surface area (Å²) in [6, 6.07) is 10.7. The van der Waals surface area contributed by atoms with Crippen molar-refractivity contribution < 1.29 is 5.21 Å². The highest BCUT2D eigenvalue weighted by Gasteiger charge is 2.05. The minimum Gasteiger partial charge on any atom is -0.411 e. The number of rotatable bonds is 0. The van der Waals surface area contributed by atoms with Gasteiger partial charge in [0.25, 0.3) is 0 Å². The summed E-state index contributed by atoms with van der Waals surface area (Å²) < 4.78 is 0. The van der Waals surface area contributed by atoms with Gasteiger partial charge in [0.05, 0.1) is 5.36 Å². The minimum atomic E-state index is 0.211. The molecule has 0 aliphatic rings. The predicted octanol–water partition coefficient (Wildman–Crippen LogP) is 2.56. The Morgan fingerprint density at radius 3 is 2.71 bits per heavy atom. The van der Waals surface area contributed by atoms with Gasteiger partial charge in [0.2, 0.25) is 0 Å². The van der Waals surface area contributed by atoms with Crippen LogP contribution in [-0.4, -0.2) is 15.2 Å². The summed E-state index contributed by atoms with van der Waals surface area (Å²) in [5.41, 5.74) is 0.563. The third kappa shape index (κ3) is 1.54. The summed E-state index contributed by atoms with van der Waals surface area (Å²) in [6.45, 7) is 0. The van der Waals surface area contributed by atoms with E-state index in [0.29, 0.717) is 10.9 Å². The number of halogens is 1. The van der Waals surface area contributed by atoms with Gasteiger partial charge in [-0.1, -0.05) is 23.7 Å². The number of nitrogens with one attached hydrogen (secondary N) is 1. The second-order valence-corrected chi connectivity index (χ2v) is 4.18. The van der Waals surface area contributed by atoms with Crippen LogP contribution in [0.2, 0.25) is 5.15 Å². The number of benzene rings is 2. The molecule has 0 amide bonds. The highest BCUT2D eigenvalue weighted by atomic mass is 35.5. The molecule has 84 valence electrons. The van der Waals surface area contributed by atoms with E-state index in [1.807, 2.05) is 12.1 Å². The van der Waals surface area contributed by atoms with Gasteiger partial charge in [-0.05, 0) is 35.0 Å². The van der Waals surface area contributed by atoms with Crippen LogP contribution in [0.3, 0.4) is 0 Å². The van der Waals surface area contributed by atoms with E-state index in [2.05, 4.69) is 5.10 Å². The zero-order valence-electron chi connectivity index (χ0n) is 8.68. The Kier molecular flexibility index (Phi) is 2.06. The summed E-state index contributed by atoms with van der Waals surface area (Å²) in [6.07, 6.45) is 0. The van der Waals surface area contributed by atoms with Gasteiger partial charge < -0.3 is 10.6 Å². The van der Waals surface area contributed by atoms with E-state index < -0.39 is 0 Å². The predicted molar refractivity (Wildman–Crippen MR) is 65.3 cm³/mol. The maximum atomic E-state index is 9.66. The first-order valence-corrected chi connectivity index (χ1v) is 5.39. The fraction of sp³-hybridized carbons (Fsp3) is 0. The molecule has 2 aromatic carbocycles. The van der Waals surface area contributed by atoms with E-state index in [9.17, 15) is 5.21 Å². The molecule has 0 saturated heterocycles. The first kappa shape index (κ1) is 10.1. The van der Waals surface area contributed by atoms with Crippen molar-refractivity contribution >= 4 is 33.3 Å². The summed E-state index contributed by atoms with van der Waals surface area (Å²) in [4.78, 5) is 0.758. The molecule has 17 heavy (non-hydrogen) atoms. The van der Waals surface area contributed by atoms with Crippen LogP contribution in [0.1, 0.15) is 0 Å². The smallest absolute Gasteiger partial charge is 0.153 e. The van der Waals surface area contributed by atoms with Crippen LogP contribution < -0.4 is 5.36 Å². The minimum absolute atomic E-state index is 0.211. The van der Waals surface area contributed by atoms with E-state index in [0.717, 1.165) is 21.0 Å². The molecule has 0 saturated carbocycles. The Labute approximate surface area is 101 Å². The number of aromatic nitrogens is 2. The summed E-state index contributed by atoms with van der Waals surface area (Å²) >= 11 is 5.83. The molecule has 3 aromatic rings. The van der Waals surface area contributed by atoms with Gasteiger partial charge in [0.15, 0.2) is 5.15 Å². The monoisotopic (exact) mass is 245 g/mol. The molecular formula is C12H8ClN3O. The number of hydrogen-bond acceptors (Lipinski definition) is 3. The van der Waals surface area contributed by atoms with Crippen LogP contribution in [0.15, 0.2) is 36.4 Å². The van der Waals surface area contributed by atoms with Gasteiger partial charge in [0.1, 0.15) is 5.52 Å². The zero-order valence-corrected chi connectivity index (χ0v) is 9.44. The normalized spacial score (nSPS) is 11.1. The van der Waals surface area contributed by atoms with Gasteiger partial charge >= 0.3 is 0 Å². The van der Waals surface area contributed by atoms with Gasteiger partial charge in [-0.3, -0.25) is 0 Å². The Hall–Kier alpha value is -2.07. The highest BCUT2D eigenvalue weighted by molar-refractivity contribution is 6.30. The zero-order chi connectivity index (χ0) is 12.0. The average Bonchev–Trinajstić information content (AvgIpc) is 2.28. The quantitative estimate of drug-likeness (QED) is 0.472. The summed E-state index contributed by atoms with van der Waals surface area (Å²) in [5.74, 6) is 0. The molecule has 0 aliphatic carbocycles. The van der Waals surface area contributed by atoms with Crippen LogP contribution in [0.5, 0.6) is 0 Å². The van der Waals surface area contributed by atoms with Gasteiger partial charge in [-0.25, -0.2) is 0 Å². The first-order valence-electron chi connectivity index (χ1n) is 5.01. The molecule has 0 fully saturated rings. The van der Waals surface area contributed by atoms with Crippen molar-refractivity contribution in [2.75, 3.05) is 0 Å². The third-order valence-electron chi connectivity index (χ3n) is 2.71. The molecule has 4 nitrogen and oxygen atoms in total. The molecule has 0 aliphatic heterocycles. The van der Waals surface area contributed by atoms with E-state index in [1.54, 1.807) is 24.3 Å². The number of hydrogen-bond donors (Lipinski definition) is 2. The molecule has 0 bridgehead atoms. The molecule has 5 heteroatoms. The van der Waals surface area contributed by atoms with Crippen molar-refractivity contribution in [3.05, 3.63) is 46.9 Å². The topological polar surface area (TPSA) is 61.9 Å². The van der Waals surface area contributed by atoms with Gasteiger partial charge in [-0.15, -0.1) is 9.94 Å². The molecule has 1 aromatic heterocycles. The molecule has 0 unspecified atom stereocenters. The fourth-order valence-corrected chi connectivity index (χ4v) is 2.13. The van der Waals surface area contributed by atoms with Gasteiger partial charge in [-0.2, -0.15) is 0 Å². The van der Waals surface area contributed by atoms with E-state index >= 15 is 0 Å². The average molecular weight is 246 g/mol.